The summed E-state index contributed by atoms with van der Waals surface area (Å²) in [6.45, 7) is 1.35. The van der Waals surface area contributed by atoms with Gasteiger partial charge in [-0.3, -0.25) is 0 Å². The first-order valence-corrected chi connectivity index (χ1v) is 7.25. The van der Waals surface area contributed by atoms with Gasteiger partial charge in [0.05, 0.1) is 6.61 Å². The number of carboxylic acids is 1. The van der Waals surface area contributed by atoms with Gasteiger partial charge in [-0.2, -0.15) is 0 Å². The van der Waals surface area contributed by atoms with Crippen LogP contribution in [0, 0.1) is 0 Å². The van der Waals surface area contributed by atoms with Crippen molar-refractivity contribution in [1.29, 1.82) is 0 Å². The molecule has 0 saturated carbocycles. The van der Waals surface area contributed by atoms with Crippen LogP contribution in [0.1, 0.15) is 23.9 Å². The van der Waals surface area contributed by atoms with Crippen LogP contribution in [-0.4, -0.2) is 37.2 Å². The number of nitrogens with one attached hydrogen (secondary N) is 1. The van der Waals surface area contributed by atoms with Gasteiger partial charge in [-0.15, -0.1) is 0 Å². The average Bonchev–Trinajstić information content (AvgIpc) is 2.69. The zero-order valence-electron chi connectivity index (χ0n) is 9.38. The maximum atomic E-state index is 11.9. The summed E-state index contributed by atoms with van der Waals surface area (Å²) >= 11 is 2.84. The highest BCUT2D eigenvalue weighted by atomic mass is 79.9. The molecule has 0 amide bonds. The number of aliphatic hydroxyl groups excluding tert-OH is 1. The van der Waals surface area contributed by atoms with E-state index in [0.29, 0.717) is 6.42 Å². The summed E-state index contributed by atoms with van der Waals surface area (Å²) in [5.41, 5.74) is 0. The minimum atomic E-state index is -3.94. The van der Waals surface area contributed by atoms with Crippen molar-refractivity contribution in [3.8, 4) is 0 Å². The predicted molar refractivity (Wildman–Crippen MR) is 64.9 cm³/mol. The Kier molecular flexibility index (Phi) is 4.91. The van der Waals surface area contributed by atoms with Crippen LogP contribution in [0.25, 0.3) is 0 Å². The lowest BCUT2D eigenvalue weighted by Gasteiger charge is -2.13. The molecule has 102 valence electrons. The van der Waals surface area contributed by atoms with Gasteiger partial charge in [0.25, 0.3) is 0 Å². The lowest BCUT2D eigenvalue weighted by molar-refractivity contribution is 0.0661. The molecule has 0 aromatic carbocycles. The smallest absolute Gasteiger partial charge is 0.371 e. The number of halogens is 1. The van der Waals surface area contributed by atoms with E-state index in [0.717, 1.165) is 6.07 Å². The van der Waals surface area contributed by atoms with Crippen molar-refractivity contribution in [2.75, 3.05) is 6.61 Å². The summed E-state index contributed by atoms with van der Waals surface area (Å²) in [5, 5.41) is 17.6. The molecular weight excluding hydrogens is 330 g/mol. The van der Waals surface area contributed by atoms with Crippen molar-refractivity contribution in [3.63, 3.8) is 0 Å². The molecule has 1 aromatic heterocycles. The molecule has 1 rings (SSSR count). The molecular formula is C9H12BrNO6S. The summed E-state index contributed by atoms with van der Waals surface area (Å²) in [5.74, 6) is -1.86. The highest BCUT2D eigenvalue weighted by molar-refractivity contribution is 9.10. The molecule has 18 heavy (non-hydrogen) atoms. The van der Waals surface area contributed by atoms with Gasteiger partial charge in [0.1, 0.15) is 4.90 Å². The molecule has 1 aromatic rings. The molecule has 0 radical (unpaired) electrons. The van der Waals surface area contributed by atoms with Crippen molar-refractivity contribution in [3.05, 3.63) is 16.5 Å². The number of furan rings is 1. The Morgan fingerprint density at radius 2 is 2.22 bits per heavy atom. The first-order valence-electron chi connectivity index (χ1n) is 4.97. The normalized spacial score (nSPS) is 13.5. The van der Waals surface area contributed by atoms with Gasteiger partial charge in [-0.05, 0) is 22.4 Å². The molecule has 0 aliphatic rings. The summed E-state index contributed by atoms with van der Waals surface area (Å²) in [6.07, 6.45) is 0.400. The monoisotopic (exact) mass is 341 g/mol. The van der Waals surface area contributed by atoms with Crippen LogP contribution in [0.5, 0.6) is 0 Å². The first kappa shape index (κ1) is 15.2. The Morgan fingerprint density at radius 3 is 2.61 bits per heavy atom. The fourth-order valence-corrected chi connectivity index (χ4v) is 3.42. The van der Waals surface area contributed by atoms with Gasteiger partial charge < -0.3 is 14.6 Å². The van der Waals surface area contributed by atoms with Crippen LogP contribution in [0.3, 0.4) is 0 Å². The Bertz CT molecular complexity index is 533. The molecule has 7 nitrogen and oxygen atoms in total. The van der Waals surface area contributed by atoms with Gasteiger partial charge in [0.2, 0.25) is 15.8 Å². The summed E-state index contributed by atoms with van der Waals surface area (Å²) in [7, 11) is -3.94. The van der Waals surface area contributed by atoms with Crippen molar-refractivity contribution < 1.29 is 27.8 Å². The number of carboxylic acid groups (broad SMARTS) is 1. The molecule has 0 spiro atoms. The van der Waals surface area contributed by atoms with Crippen molar-refractivity contribution >= 4 is 31.9 Å². The number of hydrogen-bond donors (Lipinski definition) is 3. The molecule has 1 heterocycles. The fraction of sp³-hybridized carbons (Fsp3) is 0.444. The van der Waals surface area contributed by atoms with Gasteiger partial charge in [-0.1, -0.05) is 6.92 Å². The lowest BCUT2D eigenvalue weighted by Crippen LogP contribution is -2.36. The highest BCUT2D eigenvalue weighted by Crippen LogP contribution is 2.26. The predicted octanol–water partition coefficient (Wildman–Crippen LogP) is 0.790. The number of aliphatic hydroxyl groups is 1. The van der Waals surface area contributed by atoms with Crippen LogP contribution in [-0.2, 0) is 10.0 Å². The first-order chi connectivity index (χ1) is 8.31. The number of sulfonamides is 1. The van der Waals surface area contributed by atoms with E-state index in [-0.39, 0.29) is 16.2 Å². The summed E-state index contributed by atoms with van der Waals surface area (Å²) in [4.78, 5) is 10.3. The van der Waals surface area contributed by atoms with E-state index in [9.17, 15) is 13.2 Å². The summed E-state index contributed by atoms with van der Waals surface area (Å²) in [6, 6.07) is 0.267. The van der Waals surface area contributed by atoms with E-state index in [1.54, 1.807) is 6.92 Å². The van der Waals surface area contributed by atoms with E-state index in [1.807, 2.05) is 0 Å². The number of carbonyl (C=O) groups is 1. The maximum absolute atomic E-state index is 11.9. The molecule has 1 atom stereocenters. The van der Waals surface area contributed by atoms with Crippen LogP contribution >= 0.6 is 15.9 Å². The average molecular weight is 342 g/mol. The van der Waals surface area contributed by atoms with Crippen molar-refractivity contribution in [1.82, 2.24) is 4.72 Å². The molecule has 0 saturated heterocycles. The minimum Gasteiger partial charge on any atom is -0.475 e. The Hall–Kier alpha value is -0.900. The van der Waals surface area contributed by atoms with E-state index in [2.05, 4.69) is 20.7 Å². The van der Waals surface area contributed by atoms with Gasteiger partial charge in [-0.25, -0.2) is 17.9 Å². The van der Waals surface area contributed by atoms with Gasteiger partial charge >= 0.3 is 5.97 Å². The Balaban J connectivity index is 3.09. The minimum absolute atomic E-state index is 0.194. The topological polar surface area (TPSA) is 117 Å². The second-order valence-electron chi connectivity index (χ2n) is 3.46. The SMILES string of the molecule is CC[C@@H](CO)NS(=O)(=O)c1cc(C(=O)O)oc1Br. The van der Waals surface area contributed by atoms with Crippen LogP contribution < -0.4 is 4.72 Å². The van der Waals surface area contributed by atoms with Crippen LogP contribution in [0.2, 0.25) is 0 Å². The van der Waals surface area contributed by atoms with E-state index in [4.69, 9.17) is 14.6 Å². The molecule has 0 aliphatic heterocycles. The third-order valence-electron chi connectivity index (χ3n) is 2.19. The zero-order chi connectivity index (χ0) is 13.9. The second-order valence-corrected chi connectivity index (χ2v) is 5.87. The third-order valence-corrected chi connectivity index (χ3v) is 4.57. The van der Waals surface area contributed by atoms with E-state index >= 15 is 0 Å². The standard InChI is InChI=1S/C9H12BrNO6S/c1-2-5(4-12)11-18(15,16)7-3-6(9(13)14)17-8(7)10/h3,5,11-12H,2,4H2,1H3,(H,13,14)/t5-/m0/s1. The van der Waals surface area contributed by atoms with Gasteiger partial charge in [0, 0.05) is 12.1 Å². The largest absolute Gasteiger partial charge is 0.475 e. The summed E-state index contributed by atoms with van der Waals surface area (Å²) < 4.78 is 30.6. The van der Waals surface area contributed by atoms with Crippen molar-refractivity contribution in [2.45, 2.75) is 24.3 Å². The fourth-order valence-electron chi connectivity index (χ4n) is 1.17. The molecule has 9 heteroatoms. The lowest BCUT2D eigenvalue weighted by atomic mass is 10.3. The third kappa shape index (κ3) is 3.31. The second kappa shape index (κ2) is 5.83. The quantitative estimate of drug-likeness (QED) is 0.704. The van der Waals surface area contributed by atoms with Crippen LogP contribution in [0.15, 0.2) is 20.0 Å². The molecule has 0 bridgehead atoms. The number of rotatable bonds is 6. The Morgan fingerprint density at radius 1 is 1.61 bits per heavy atom. The van der Waals surface area contributed by atoms with E-state index in [1.165, 1.54) is 0 Å². The highest BCUT2D eigenvalue weighted by Gasteiger charge is 2.26. The molecule has 0 aliphatic carbocycles. The van der Waals surface area contributed by atoms with Gasteiger partial charge in [0.15, 0.2) is 4.67 Å². The molecule has 0 unspecified atom stereocenters. The number of aromatic carboxylic acids is 1. The van der Waals surface area contributed by atoms with Crippen LogP contribution in [0.4, 0.5) is 0 Å². The molecule has 0 fully saturated rings. The van der Waals surface area contributed by atoms with Crippen molar-refractivity contribution in [2.24, 2.45) is 0 Å². The Labute approximate surface area is 112 Å². The maximum Gasteiger partial charge on any atom is 0.371 e. The number of hydrogen-bond acceptors (Lipinski definition) is 5. The van der Waals surface area contributed by atoms with E-state index < -0.39 is 27.8 Å². The zero-order valence-corrected chi connectivity index (χ0v) is 11.8. The molecule has 3 N–H and O–H groups in total.